The van der Waals surface area contributed by atoms with Gasteiger partial charge in [0.25, 0.3) is 0 Å². The SMILES string of the molecule is N[C@H](c1ccc(/C=C/C(=O)O)c(F)c1)C(F)(F)F. The molecule has 18 heavy (non-hydrogen) atoms. The maximum Gasteiger partial charge on any atom is 0.407 e. The van der Waals surface area contributed by atoms with Crippen molar-refractivity contribution in [3.05, 3.63) is 41.2 Å². The Morgan fingerprint density at radius 2 is 2.00 bits per heavy atom. The second-order valence-electron chi connectivity index (χ2n) is 3.47. The normalized spacial score (nSPS) is 13.8. The van der Waals surface area contributed by atoms with Gasteiger partial charge in [-0.05, 0) is 17.7 Å². The first-order valence-electron chi connectivity index (χ1n) is 4.74. The number of alkyl halides is 3. The van der Waals surface area contributed by atoms with Crippen molar-refractivity contribution in [3.63, 3.8) is 0 Å². The largest absolute Gasteiger partial charge is 0.478 e. The van der Waals surface area contributed by atoms with Crippen molar-refractivity contribution in [2.24, 2.45) is 5.73 Å². The van der Waals surface area contributed by atoms with Crippen LogP contribution in [0, 0.1) is 5.82 Å². The molecule has 0 heterocycles. The molecule has 0 fully saturated rings. The maximum atomic E-state index is 13.4. The van der Waals surface area contributed by atoms with Gasteiger partial charge in [-0.15, -0.1) is 0 Å². The van der Waals surface area contributed by atoms with Crippen molar-refractivity contribution in [2.45, 2.75) is 12.2 Å². The molecule has 0 unspecified atom stereocenters. The molecular weight excluding hydrogens is 254 g/mol. The summed E-state index contributed by atoms with van der Waals surface area (Å²) in [6.07, 6.45) is -3.03. The minimum atomic E-state index is -4.66. The van der Waals surface area contributed by atoms with E-state index in [1.54, 1.807) is 0 Å². The number of halogens is 4. The minimum absolute atomic E-state index is 0.129. The summed E-state index contributed by atoms with van der Waals surface area (Å²) in [5.74, 6) is -2.25. The lowest BCUT2D eigenvalue weighted by molar-refractivity contribution is -0.149. The topological polar surface area (TPSA) is 63.3 Å². The van der Waals surface area contributed by atoms with E-state index in [0.717, 1.165) is 18.2 Å². The van der Waals surface area contributed by atoms with Crippen LogP contribution in [0.4, 0.5) is 17.6 Å². The van der Waals surface area contributed by atoms with Gasteiger partial charge in [-0.25, -0.2) is 9.18 Å². The number of nitrogens with two attached hydrogens (primary N) is 1. The molecule has 0 radical (unpaired) electrons. The third-order valence-corrected chi connectivity index (χ3v) is 2.14. The van der Waals surface area contributed by atoms with Gasteiger partial charge in [0.2, 0.25) is 0 Å². The molecule has 3 N–H and O–H groups in total. The van der Waals surface area contributed by atoms with E-state index in [0.29, 0.717) is 12.1 Å². The fourth-order valence-electron chi connectivity index (χ4n) is 1.22. The van der Waals surface area contributed by atoms with Crippen molar-refractivity contribution in [2.75, 3.05) is 0 Å². The van der Waals surface area contributed by atoms with Crippen LogP contribution < -0.4 is 5.73 Å². The third-order valence-electron chi connectivity index (χ3n) is 2.14. The van der Waals surface area contributed by atoms with Gasteiger partial charge in [0.1, 0.15) is 11.9 Å². The van der Waals surface area contributed by atoms with Gasteiger partial charge in [-0.3, -0.25) is 0 Å². The van der Waals surface area contributed by atoms with E-state index in [1.807, 2.05) is 0 Å². The Morgan fingerprint density at radius 3 is 2.44 bits per heavy atom. The van der Waals surface area contributed by atoms with E-state index in [1.165, 1.54) is 0 Å². The monoisotopic (exact) mass is 263 g/mol. The van der Waals surface area contributed by atoms with Gasteiger partial charge in [0.05, 0.1) is 0 Å². The van der Waals surface area contributed by atoms with Crippen LogP contribution in [0.15, 0.2) is 24.3 Å². The summed E-state index contributed by atoms with van der Waals surface area (Å²) in [5, 5.41) is 8.34. The predicted octanol–water partition coefficient (Wildman–Crippen LogP) is 2.49. The third kappa shape index (κ3) is 3.56. The molecule has 3 nitrogen and oxygen atoms in total. The molecule has 0 aliphatic carbocycles. The number of benzene rings is 1. The molecule has 0 spiro atoms. The summed E-state index contributed by atoms with van der Waals surface area (Å²) in [6, 6.07) is 0.405. The van der Waals surface area contributed by atoms with Gasteiger partial charge in [0, 0.05) is 11.6 Å². The summed E-state index contributed by atoms with van der Waals surface area (Å²) in [5.41, 5.74) is 4.36. The van der Waals surface area contributed by atoms with Crippen LogP contribution >= 0.6 is 0 Å². The Hall–Kier alpha value is -1.89. The molecule has 98 valence electrons. The molecule has 0 amide bonds. The van der Waals surface area contributed by atoms with E-state index >= 15 is 0 Å². The lowest BCUT2D eigenvalue weighted by Gasteiger charge is -2.16. The first-order chi connectivity index (χ1) is 8.21. The summed E-state index contributed by atoms with van der Waals surface area (Å²) < 4.78 is 50.2. The molecule has 1 atom stereocenters. The first kappa shape index (κ1) is 14.2. The smallest absolute Gasteiger partial charge is 0.407 e. The fraction of sp³-hybridized carbons (Fsp3) is 0.182. The summed E-state index contributed by atoms with van der Waals surface area (Å²) in [7, 11) is 0. The standard InChI is InChI=1S/C11H9F4NO2/c12-8-5-7(10(16)11(13,14)15)2-1-6(8)3-4-9(17)18/h1-5,10H,16H2,(H,17,18)/b4-3+/t10-/m1/s1. The Bertz CT molecular complexity index is 482. The quantitative estimate of drug-likeness (QED) is 0.650. The highest BCUT2D eigenvalue weighted by molar-refractivity contribution is 5.85. The average molecular weight is 263 g/mol. The van der Waals surface area contributed by atoms with Crippen LogP contribution in [0.3, 0.4) is 0 Å². The molecule has 1 aromatic rings. The zero-order valence-corrected chi connectivity index (χ0v) is 8.91. The Labute approximate surface area is 99.5 Å². The van der Waals surface area contributed by atoms with Gasteiger partial charge in [-0.1, -0.05) is 12.1 Å². The number of hydrogen-bond acceptors (Lipinski definition) is 2. The molecule has 1 aromatic carbocycles. The molecule has 0 saturated heterocycles. The van der Waals surface area contributed by atoms with Crippen LogP contribution in [0.25, 0.3) is 6.08 Å². The maximum absolute atomic E-state index is 13.4. The molecule has 0 aliphatic rings. The minimum Gasteiger partial charge on any atom is -0.478 e. The highest BCUT2D eigenvalue weighted by atomic mass is 19.4. The fourth-order valence-corrected chi connectivity index (χ4v) is 1.22. The Kier molecular flexibility index (Phi) is 4.07. The Balaban J connectivity index is 3.03. The van der Waals surface area contributed by atoms with Gasteiger partial charge in [-0.2, -0.15) is 13.2 Å². The molecular formula is C11H9F4NO2. The van der Waals surface area contributed by atoms with E-state index < -0.39 is 29.6 Å². The van der Waals surface area contributed by atoms with E-state index in [-0.39, 0.29) is 5.56 Å². The lowest BCUT2D eigenvalue weighted by atomic mass is 10.0. The first-order valence-corrected chi connectivity index (χ1v) is 4.74. The van der Waals surface area contributed by atoms with Crippen molar-refractivity contribution in [3.8, 4) is 0 Å². The molecule has 0 aromatic heterocycles. The van der Waals surface area contributed by atoms with Gasteiger partial charge < -0.3 is 10.8 Å². The lowest BCUT2D eigenvalue weighted by Crippen LogP contribution is -2.28. The second-order valence-corrected chi connectivity index (χ2v) is 3.47. The second kappa shape index (κ2) is 5.18. The van der Waals surface area contributed by atoms with Crippen LogP contribution in [0.1, 0.15) is 17.2 Å². The number of rotatable bonds is 3. The molecule has 7 heteroatoms. The summed E-state index contributed by atoms with van der Waals surface area (Å²) in [6.45, 7) is 0. The van der Waals surface area contributed by atoms with Crippen LogP contribution in [0.5, 0.6) is 0 Å². The molecule has 1 rings (SSSR count). The van der Waals surface area contributed by atoms with Crippen molar-refractivity contribution in [1.29, 1.82) is 0 Å². The number of carboxylic acids is 1. The highest BCUT2D eigenvalue weighted by Gasteiger charge is 2.37. The summed E-state index contributed by atoms with van der Waals surface area (Å²) >= 11 is 0. The van der Waals surface area contributed by atoms with E-state index in [2.05, 4.69) is 0 Å². The molecule has 0 aliphatic heterocycles. The van der Waals surface area contributed by atoms with Crippen molar-refractivity contribution < 1.29 is 27.5 Å². The number of carboxylic acid groups (broad SMARTS) is 1. The number of carbonyl (C=O) groups is 1. The summed E-state index contributed by atoms with van der Waals surface area (Å²) in [4.78, 5) is 10.2. The predicted molar refractivity (Wildman–Crippen MR) is 56.1 cm³/mol. The van der Waals surface area contributed by atoms with Crippen LogP contribution in [-0.4, -0.2) is 17.3 Å². The van der Waals surface area contributed by atoms with Gasteiger partial charge in [0.15, 0.2) is 0 Å². The van der Waals surface area contributed by atoms with Gasteiger partial charge >= 0.3 is 12.1 Å². The van der Waals surface area contributed by atoms with Crippen LogP contribution in [-0.2, 0) is 4.79 Å². The number of aliphatic carboxylic acids is 1. The number of hydrogen-bond donors (Lipinski definition) is 2. The average Bonchev–Trinajstić information content (AvgIpc) is 2.24. The highest BCUT2D eigenvalue weighted by Crippen LogP contribution is 2.31. The molecule has 0 bridgehead atoms. The van der Waals surface area contributed by atoms with E-state index in [4.69, 9.17) is 10.8 Å². The van der Waals surface area contributed by atoms with Crippen molar-refractivity contribution in [1.82, 2.24) is 0 Å². The van der Waals surface area contributed by atoms with Crippen molar-refractivity contribution >= 4 is 12.0 Å². The molecule has 0 saturated carbocycles. The zero-order valence-electron chi connectivity index (χ0n) is 8.91. The van der Waals surface area contributed by atoms with Crippen LogP contribution in [0.2, 0.25) is 0 Å². The zero-order chi connectivity index (χ0) is 13.9. The Morgan fingerprint density at radius 1 is 1.39 bits per heavy atom. The van der Waals surface area contributed by atoms with E-state index in [9.17, 15) is 22.4 Å².